The average Bonchev–Trinajstić information content (AvgIpc) is 3.46. The molecular formula is C22H18F2N4O3. The molecule has 0 aliphatic carbocycles. The number of benzene rings is 2. The van der Waals surface area contributed by atoms with Gasteiger partial charge in [-0.1, -0.05) is 41.5 Å². The van der Waals surface area contributed by atoms with Crippen molar-refractivity contribution in [3.63, 3.8) is 0 Å². The van der Waals surface area contributed by atoms with E-state index < -0.39 is 23.6 Å². The Labute approximate surface area is 176 Å². The Balaban J connectivity index is 1.44. The van der Waals surface area contributed by atoms with Crippen LogP contribution in [0.2, 0.25) is 0 Å². The molecule has 1 amide bonds. The van der Waals surface area contributed by atoms with Crippen LogP contribution < -0.4 is 5.32 Å². The van der Waals surface area contributed by atoms with Gasteiger partial charge in [-0.15, -0.1) is 0 Å². The fourth-order valence-electron chi connectivity index (χ4n) is 2.92. The Bertz CT molecular complexity index is 1220. The van der Waals surface area contributed by atoms with Crippen LogP contribution in [0.1, 0.15) is 41.8 Å². The zero-order chi connectivity index (χ0) is 22.0. The fourth-order valence-corrected chi connectivity index (χ4v) is 2.92. The normalized spacial score (nSPS) is 12.0. The van der Waals surface area contributed by atoms with Crippen LogP contribution in [0.5, 0.6) is 0 Å². The maximum atomic E-state index is 13.4. The molecule has 0 aliphatic heterocycles. The van der Waals surface area contributed by atoms with Crippen molar-refractivity contribution < 1.29 is 22.6 Å². The minimum atomic E-state index is -1.02. The summed E-state index contributed by atoms with van der Waals surface area (Å²) in [6, 6.07) is 11.8. The molecule has 1 unspecified atom stereocenters. The fraction of sp³-hybridized carbons (Fsp3) is 0.182. The van der Waals surface area contributed by atoms with Crippen molar-refractivity contribution in [1.29, 1.82) is 0 Å². The van der Waals surface area contributed by atoms with Gasteiger partial charge in [-0.2, -0.15) is 4.98 Å². The van der Waals surface area contributed by atoms with Crippen molar-refractivity contribution in [3.05, 3.63) is 77.3 Å². The van der Waals surface area contributed by atoms with Crippen molar-refractivity contribution in [2.45, 2.75) is 26.3 Å². The molecule has 0 saturated heterocycles. The van der Waals surface area contributed by atoms with Gasteiger partial charge in [0.15, 0.2) is 23.1 Å². The van der Waals surface area contributed by atoms with E-state index in [0.717, 1.165) is 24.1 Å². The molecule has 158 valence electrons. The van der Waals surface area contributed by atoms with Crippen LogP contribution >= 0.6 is 0 Å². The van der Waals surface area contributed by atoms with Gasteiger partial charge in [0.05, 0.1) is 0 Å². The molecule has 7 nitrogen and oxygen atoms in total. The van der Waals surface area contributed by atoms with Gasteiger partial charge in [0.1, 0.15) is 6.04 Å². The summed E-state index contributed by atoms with van der Waals surface area (Å²) in [5, 5.41) is 10.3. The van der Waals surface area contributed by atoms with Gasteiger partial charge in [0, 0.05) is 17.2 Å². The van der Waals surface area contributed by atoms with Crippen molar-refractivity contribution in [2.75, 3.05) is 0 Å². The van der Waals surface area contributed by atoms with Crippen LogP contribution in [-0.4, -0.2) is 21.2 Å². The topological polar surface area (TPSA) is 94.1 Å². The molecular weight excluding hydrogens is 406 g/mol. The molecule has 1 N–H and O–H groups in total. The molecule has 0 spiro atoms. The first-order chi connectivity index (χ1) is 14.9. The minimum Gasteiger partial charge on any atom is -0.355 e. The highest BCUT2D eigenvalue weighted by atomic mass is 19.2. The Hall–Kier alpha value is -3.88. The van der Waals surface area contributed by atoms with E-state index in [1.165, 1.54) is 17.7 Å². The summed E-state index contributed by atoms with van der Waals surface area (Å²) < 4.78 is 36.9. The van der Waals surface area contributed by atoms with Gasteiger partial charge in [-0.3, -0.25) is 4.79 Å². The summed E-state index contributed by atoms with van der Waals surface area (Å²) in [6.07, 6.45) is 0.931. The van der Waals surface area contributed by atoms with Gasteiger partial charge >= 0.3 is 0 Å². The summed E-state index contributed by atoms with van der Waals surface area (Å²) in [6.45, 7) is 3.76. The third-order valence-electron chi connectivity index (χ3n) is 4.73. The van der Waals surface area contributed by atoms with Crippen LogP contribution in [-0.2, 0) is 6.42 Å². The summed E-state index contributed by atoms with van der Waals surface area (Å²) >= 11 is 0. The van der Waals surface area contributed by atoms with E-state index in [0.29, 0.717) is 5.82 Å². The maximum absolute atomic E-state index is 13.4. The molecule has 2 heterocycles. The highest BCUT2D eigenvalue weighted by Gasteiger charge is 2.21. The number of halogens is 2. The van der Waals surface area contributed by atoms with Crippen molar-refractivity contribution in [3.8, 4) is 22.7 Å². The van der Waals surface area contributed by atoms with E-state index >= 15 is 0 Å². The Morgan fingerprint density at radius 1 is 1.00 bits per heavy atom. The number of nitrogens with one attached hydrogen (secondary N) is 1. The Kier molecular flexibility index (Phi) is 5.57. The van der Waals surface area contributed by atoms with Gasteiger partial charge in [0.2, 0.25) is 11.7 Å². The summed E-state index contributed by atoms with van der Waals surface area (Å²) in [4.78, 5) is 16.8. The SMILES string of the molecule is CCc1ccc(-c2noc(C(C)NC(=O)c3cc(-c4ccc(F)c(F)c4)on3)n2)cc1. The third kappa shape index (κ3) is 4.35. The number of hydrogen-bond acceptors (Lipinski definition) is 6. The first kappa shape index (κ1) is 20.4. The quantitative estimate of drug-likeness (QED) is 0.481. The van der Waals surface area contributed by atoms with E-state index in [9.17, 15) is 13.6 Å². The number of aromatic nitrogens is 3. The molecule has 4 rings (SSSR count). The van der Waals surface area contributed by atoms with Crippen LogP contribution in [0.3, 0.4) is 0 Å². The zero-order valence-electron chi connectivity index (χ0n) is 16.7. The monoisotopic (exact) mass is 424 g/mol. The zero-order valence-corrected chi connectivity index (χ0v) is 16.7. The number of hydrogen-bond donors (Lipinski definition) is 1. The third-order valence-corrected chi connectivity index (χ3v) is 4.73. The number of aryl methyl sites for hydroxylation is 1. The summed E-state index contributed by atoms with van der Waals surface area (Å²) in [7, 11) is 0. The Morgan fingerprint density at radius 3 is 2.45 bits per heavy atom. The van der Waals surface area contributed by atoms with E-state index in [1.54, 1.807) is 6.92 Å². The van der Waals surface area contributed by atoms with Crippen LogP contribution in [0.15, 0.2) is 57.6 Å². The summed E-state index contributed by atoms with van der Waals surface area (Å²) in [5.74, 6) is -1.77. The number of carbonyl (C=O) groups excluding carboxylic acids is 1. The second-order valence-electron chi connectivity index (χ2n) is 6.91. The van der Waals surface area contributed by atoms with Gasteiger partial charge in [0.25, 0.3) is 5.91 Å². The van der Waals surface area contributed by atoms with Crippen molar-refractivity contribution in [2.24, 2.45) is 0 Å². The second kappa shape index (κ2) is 8.47. The largest absolute Gasteiger partial charge is 0.355 e. The molecule has 1 atom stereocenters. The van der Waals surface area contributed by atoms with Crippen molar-refractivity contribution in [1.82, 2.24) is 20.6 Å². The predicted octanol–water partition coefficient (Wildman–Crippen LogP) is 4.72. The molecule has 9 heteroatoms. The molecule has 0 bridgehead atoms. The summed E-state index contributed by atoms with van der Waals surface area (Å²) in [5.41, 5.74) is 2.23. The minimum absolute atomic E-state index is 0.0264. The van der Waals surface area contributed by atoms with Crippen LogP contribution in [0, 0.1) is 11.6 Å². The van der Waals surface area contributed by atoms with E-state index in [4.69, 9.17) is 9.05 Å². The highest BCUT2D eigenvalue weighted by molar-refractivity contribution is 5.93. The first-order valence-corrected chi connectivity index (χ1v) is 9.60. The molecule has 0 radical (unpaired) electrons. The van der Waals surface area contributed by atoms with E-state index in [1.807, 2.05) is 24.3 Å². The standard InChI is InChI=1S/C22H18F2N4O3/c1-3-13-4-6-14(7-5-13)20-26-22(31-28-20)12(2)25-21(29)18-11-19(30-27-18)15-8-9-16(23)17(24)10-15/h4-12H,3H2,1-2H3,(H,25,29). The lowest BCUT2D eigenvalue weighted by molar-refractivity contribution is 0.0923. The second-order valence-corrected chi connectivity index (χ2v) is 6.91. The molecule has 0 aliphatic rings. The molecule has 2 aromatic carbocycles. The predicted molar refractivity (Wildman–Crippen MR) is 107 cm³/mol. The van der Waals surface area contributed by atoms with Gasteiger partial charge < -0.3 is 14.4 Å². The smallest absolute Gasteiger partial charge is 0.274 e. The lowest BCUT2D eigenvalue weighted by Crippen LogP contribution is -2.27. The average molecular weight is 424 g/mol. The van der Waals surface area contributed by atoms with Crippen molar-refractivity contribution >= 4 is 5.91 Å². The highest BCUT2D eigenvalue weighted by Crippen LogP contribution is 2.23. The van der Waals surface area contributed by atoms with Gasteiger partial charge in [-0.25, -0.2) is 8.78 Å². The first-order valence-electron chi connectivity index (χ1n) is 9.60. The number of amides is 1. The molecule has 0 saturated carbocycles. The maximum Gasteiger partial charge on any atom is 0.274 e. The van der Waals surface area contributed by atoms with Crippen LogP contribution in [0.25, 0.3) is 22.7 Å². The molecule has 2 aromatic heterocycles. The van der Waals surface area contributed by atoms with E-state index in [-0.39, 0.29) is 22.9 Å². The molecule has 4 aromatic rings. The molecule has 31 heavy (non-hydrogen) atoms. The van der Waals surface area contributed by atoms with Crippen LogP contribution in [0.4, 0.5) is 8.78 Å². The Morgan fingerprint density at radius 2 is 1.74 bits per heavy atom. The lowest BCUT2D eigenvalue weighted by Gasteiger charge is -2.07. The molecule has 0 fully saturated rings. The number of nitrogens with zero attached hydrogens (tertiary/aromatic N) is 3. The number of rotatable bonds is 6. The van der Waals surface area contributed by atoms with Gasteiger partial charge in [-0.05, 0) is 37.1 Å². The van der Waals surface area contributed by atoms with E-state index in [2.05, 4.69) is 27.5 Å². The number of carbonyl (C=O) groups is 1. The lowest BCUT2D eigenvalue weighted by atomic mass is 10.1.